The van der Waals surface area contributed by atoms with Crippen molar-refractivity contribution >= 4 is 28.8 Å². The van der Waals surface area contributed by atoms with Crippen LogP contribution in [0.5, 0.6) is 0 Å². The normalized spacial score (nSPS) is 15.9. The van der Waals surface area contributed by atoms with Gasteiger partial charge in [-0.25, -0.2) is 19.7 Å². The van der Waals surface area contributed by atoms with Gasteiger partial charge in [0.1, 0.15) is 0 Å². The topological polar surface area (TPSA) is 155 Å². The third kappa shape index (κ3) is 8.77. The molecule has 4 heterocycles. The fourth-order valence-electron chi connectivity index (χ4n) is 5.01. The monoisotopic (exact) mass is 635 g/mol. The fraction of sp³-hybridized carbons (Fsp3) is 0.607. The van der Waals surface area contributed by atoms with Gasteiger partial charge in [-0.3, -0.25) is 9.36 Å². The van der Waals surface area contributed by atoms with E-state index < -0.39 is 12.2 Å². The zero-order valence-electron chi connectivity index (χ0n) is 25.1. The first kappa shape index (κ1) is 32.8. The third-order valence-corrected chi connectivity index (χ3v) is 7.34. The minimum absolute atomic E-state index is 0.0112. The van der Waals surface area contributed by atoms with Crippen LogP contribution in [0.1, 0.15) is 18.7 Å². The van der Waals surface area contributed by atoms with E-state index in [0.29, 0.717) is 115 Å². The number of rotatable bonds is 16. The molecule has 2 aromatic heterocycles. The number of imidazole rings is 1. The second-order valence-corrected chi connectivity index (χ2v) is 10.3. The number of morpholine rings is 1. The van der Waals surface area contributed by atoms with Gasteiger partial charge < -0.3 is 38.5 Å². The Kier molecular flexibility index (Phi) is 12.1. The van der Waals surface area contributed by atoms with Crippen LogP contribution in [0, 0.1) is 0 Å². The van der Waals surface area contributed by atoms with Crippen LogP contribution in [0.4, 0.5) is 20.7 Å². The summed E-state index contributed by atoms with van der Waals surface area (Å²) in [4.78, 5) is 41.1. The van der Waals surface area contributed by atoms with Crippen molar-refractivity contribution in [1.29, 1.82) is 0 Å². The molecule has 0 saturated carbocycles. The van der Waals surface area contributed by atoms with Crippen molar-refractivity contribution in [2.45, 2.75) is 12.8 Å². The third-order valence-electron chi connectivity index (χ3n) is 7.34. The number of carbonyl (C=O) groups is 1. The molecule has 1 aromatic carbocycles. The Hall–Kier alpha value is -3.61. The summed E-state index contributed by atoms with van der Waals surface area (Å²) in [6.07, 6.45) is -2.58. The van der Waals surface area contributed by atoms with Gasteiger partial charge in [0.15, 0.2) is 5.82 Å². The molecule has 45 heavy (non-hydrogen) atoms. The highest BCUT2D eigenvalue weighted by molar-refractivity contribution is 5.78. The number of fused-ring (bicyclic) bond motifs is 1. The Morgan fingerprint density at radius 3 is 2.00 bits per heavy atom. The molecule has 0 atom stereocenters. The zero-order valence-corrected chi connectivity index (χ0v) is 25.1. The molecule has 17 heteroatoms. The predicted octanol–water partition coefficient (Wildman–Crippen LogP) is 0.964. The van der Waals surface area contributed by atoms with Crippen LogP contribution in [0.15, 0.2) is 24.3 Å². The van der Waals surface area contributed by atoms with Crippen LogP contribution in [-0.4, -0.2) is 134 Å². The van der Waals surface area contributed by atoms with Crippen LogP contribution >= 0.6 is 0 Å². The number of benzene rings is 1. The number of piperazine rings is 1. The number of alkyl halides is 2. The summed E-state index contributed by atoms with van der Waals surface area (Å²) in [6.45, 7) is 6.66. The summed E-state index contributed by atoms with van der Waals surface area (Å²) in [6, 6.07) is 6.89. The summed E-state index contributed by atoms with van der Waals surface area (Å²) in [5.74, 6) is 5.27. The lowest BCUT2D eigenvalue weighted by Gasteiger charge is -2.35. The number of nitrogens with zero attached hydrogens (tertiary/aromatic N) is 8. The van der Waals surface area contributed by atoms with Gasteiger partial charge in [0, 0.05) is 39.3 Å². The average molecular weight is 636 g/mol. The molecular formula is C28H39F2N9O6. The summed E-state index contributed by atoms with van der Waals surface area (Å²) in [5, 5.41) is 0. The molecule has 5 rings (SSSR count). The Labute approximate surface area is 259 Å². The van der Waals surface area contributed by atoms with E-state index in [1.165, 1.54) is 4.57 Å². The summed E-state index contributed by atoms with van der Waals surface area (Å²) >= 11 is 0. The van der Waals surface area contributed by atoms with E-state index >= 15 is 0 Å². The van der Waals surface area contributed by atoms with Gasteiger partial charge in [-0.05, 0) is 12.1 Å². The molecule has 15 nitrogen and oxygen atoms in total. The lowest BCUT2D eigenvalue weighted by atomic mass is 10.3. The molecule has 0 aliphatic carbocycles. The quantitative estimate of drug-likeness (QED) is 0.176. The Balaban J connectivity index is 1.19. The van der Waals surface area contributed by atoms with E-state index in [0.717, 1.165) is 0 Å². The minimum atomic E-state index is -2.84. The maximum atomic E-state index is 14.2. The van der Waals surface area contributed by atoms with E-state index in [9.17, 15) is 13.6 Å². The molecule has 2 saturated heterocycles. The number of ether oxygens (including phenoxy) is 4. The lowest BCUT2D eigenvalue weighted by Crippen LogP contribution is -2.49. The molecule has 0 spiro atoms. The smallest absolute Gasteiger partial charge is 0.296 e. The molecule has 246 valence electrons. The molecular weight excluding hydrogens is 596 g/mol. The maximum absolute atomic E-state index is 14.2. The van der Waals surface area contributed by atoms with Crippen molar-refractivity contribution in [3.8, 4) is 5.95 Å². The van der Waals surface area contributed by atoms with Crippen LogP contribution in [-0.2, 0) is 28.6 Å². The molecule has 1 amide bonds. The van der Waals surface area contributed by atoms with E-state index in [1.54, 1.807) is 29.2 Å². The first-order valence-electron chi connectivity index (χ1n) is 15.0. The molecule has 0 bridgehead atoms. The van der Waals surface area contributed by atoms with Crippen molar-refractivity contribution in [3.63, 3.8) is 0 Å². The number of anilines is 2. The van der Waals surface area contributed by atoms with Gasteiger partial charge in [0.25, 0.3) is 6.43 Å². The molecule has 2 fully saturated rings. The molecule has 0 unspecified atom stereocenters. The zero-order chi connectivity index (χ0) is 31.4. The number of carbonyl (C=O) groups excluding carboxylic acids is 1. The number of halogens is 2. The summed E-state index contributed by atoms with van der Waals surface area (Å²) in [5.41, 5.74) is 0.899. The highest BCUT2D eigenvalue weighted by Gasteiger charge is 2.27. The van der Waals surface area contributed by atoms with Gasteiger partial charge in [-0.1, -0.05) is 12.1 Å². The van der Waals surface area contributed by atoms with Crippen molar-refractivity contribution in [1.82, 2.24) is 29.4 Å². The Morgan fingerprint density at radius 2 is 1.36 bits per heavy atom. The first-order chi connectivity index (χ1) is 22.0. The molecule has 0 radical (unpaired) electrons. The van der Waals surface area contributed by atoms with Crippen LogP contribution in [0.2, 0.25) is 0 Å². The summed E-state index contributed by atoms with van der Waals surface area (Å²) in [7, 11) is 0. The number of para-hydroxylation sites is 2. The van der Waals surface area contributed by atoms with E-state index in [1.807, 2.05) is 9.80 Å². The second-order valence-electron chi connectivity index (χ2n) is 10.3. The minimum Gasteiger partial charge on any atom is -0.379 e. The molecule has 2 aliphatic rings. The van der Waals surface area contributed by atoms with Crippen molar-refractivity contribution < 1.29 is 37.4 Å². The standard InChI is InChI=1S/C28H39F2N9O6/c29-24(30)25-32-21-3-1-2-4-22(21)39(25)28-34-26(33-27(35-28)38-10-13-42-14-11-38)37-8-6-36(7-9-37)23(40)5-12-41-15-16-43-17-18-44-19-20-45-31/h1-4,24H,5-20,31H2. The maximum Gasteiger partial charge on any atom is 0.296 e. The van der Waals surface area contributed by atoms with Crippen LogP contribution in [0.25, 0.3) is 17.0 Å². The number of hydrogen-bond donors (Lipinski definition) is 1. The number of nitrogens with two attached hydrogens (primary N) is 1. The van der Waals surface area contributed by atoms with Crippen LogP contribution < -0.4 is 15.7 Å². The van der Waals surface area contributed by atoms with Gasteiger partial charge in [-0.2, -0.15) is 15.0 Å². The van der Waals surface area contributed by atoms with Crippen LogP contribution in [0.3, 0.4) is 0 Å². The van der Waals surface area contributed by atoms with Gasteiger partial charge in [-0.15, -0.1) is 0 Å². The van der Waals surface area contributed by atoms with Crippen molar-refractivity contribution in [2.24, 2.45) is 5.90 Å². The van der Waals surface area contributed by atoms with Gasteiger partial charge in [0.2, 0.25) is 23.8 Å². The molecule has 2 N–H and O–H groups in total. The molecule has 3 aromatic rings. The lowest BCUT2D eigenvalue weighted by molar-refractivity contribution is -0.132. The SMILES string of the molecule is NOCCOCCOCCOCCC(=O)N1CCN(c2nc(N3CCOCC3)nc(-n3c(C(F)F)nc4ccccc43)n2)CC1. The van der Waals surface area contributed by atoms with E-state index in [4.69, 9.17) is 29.8 Å². The van der Waals surface area contributed by atoms with Crippen molar-refractivity contribution in [2.75, 3.05) is 109 Å². The number of aromatic nitrogens is 5. The van der Waals surface area contributed by atoms with E-state index in [-0.39, 0.29) is 24.9 Å². The fourth-order valence-corrected chi connectivity index (χ4v) is 5.01. The van der Waals surface area contributed by atoms with Crippen molar-refractivity contribution in [3.05, 3.63) is 30.1 Å². The Bertz CT molecular complexity index is 1370. The summed E-state index contributed by atoms with van der Waals surface area (Å²) < 4.78 is 51.3. The van der Waals surface area contributed by atoms with Gasteiger partial charge >= 0.3 is 0 Å². The first-order valence-corrected chi connectivity index (χ1v) is 15.0. The number of hydrogen-bond acceptors (Lipinski definition) is 13. The number of amides is 1. The average Bonchev–Trinajstić information content (AvgIpc) is 3.48. The van der Waals surface area contributed by atoms with E-state index in [2.05, 4.69) is 19.8 Å². The highest BCUT2D eigenvalue weighted by Crippen LogP contribution is 2.28. The molecule has 2 aliphatic heterocycles. The largest absolute Gasteiger partial charge is 0.379 e. The second kappa shape index (κ2) is 16.6. The van der Waals surface area contributed by atoms with Gasteiger partial charge in [0.05, 0.1) is 76.9 Å². The highest BCUT2D eigenvalue weighted by atomic mass is 19.3. The predicted molar refractivity (Wildman–Crippen MR) is 158 cm³/mol. The Morgan fingerprint density at radius 1 is 0.778 bits per heavy atom.